The zero-order valence-corrected chi connectivity index (χ0v) is 11.5. The fourth-order valence-corrected chi connectivity index (χ4v) is 2.73. The van der Waals surface area contributed by atoms with Crippen LogP contribution in [0.3, 0.4) is 0 Å². The summed E-state index contributed by atoms with van der Waals surface area (Å²) >= 11 is 5.88. The Morgan fingerprint density at radius 2 is 2.22 bits per heavy atom. The first-order valence-corrected chi connectivity index (χ1v) is 7.11. The molecule has 0 aliphatic heterocycles. The molecule has 0 aliphatic rings. The third-order valence-electron chi connectivity index (χ3n) is 2.32. The quantitative estimate of drug-likeness (QED) is 0.902. The second kappa shape index (κ2) is 5.94. The van der Waals surface area contributed by atoms with Gasteiger partial charge in [0.1, 0.15) is 5.75 Å². The van der Waals surface area contributed by atoms with E-state index < -0.39 is 15.3 Å². The number of anilines is 1. The van der Waals surface area contributed by atoms with Gasteiger partial charge < -0.3 is 4.74 Å². The van der Waals surface area contributed by atoms with Gasteiger partial charge in [0.15, 0.2) is 5.25 Å². The molecule has 0 heterocycles. The van der Waals surface area contributed by atoms with Crippen LogP contribution in [0.25, 0.3) is 0 Å². The second-order valence-electron chi connectivity index (χ2n) is 3.52. The van der Waals surface area contributed by atoms with Crippen LogP contribution in [0.1, 0.15) is 13.3 Å². The molecule has 5 nitrogen and oxygen atoms in total. The number of hydrogen-bond donors (Lipinski definition) is 1. The summed E-state index contributed by atoms with van der Waals surface area (Å²) in [6.07, 6.45) is 0.202. The van der Waals surface area contributed by atoms with Crippen LogP contribution in [0.4, 0.5) is 5.69 Å². The van der Waals surface area contributed by atoms with Crippen molar-refractivity contribution in [3.8, 4) is 11.8 Å². The first-order chi connectivity index (χ1) is 8.44. The molecule has 0 amide bonds. The van der Waals surface area contributed by atoms with Crippen molar-refractivity contribution in [3.63, 3.8) is 0 Å². The Morgan fingerprint density at radius 1 is 1.56 bits per heavy atom. The minimum Gasteiger partial charge on any atom is -0.497 e. The van der Waals surface area contributed by atoms with Gasteiger partial charge in [-0.2, -0.15) is 5.26 Å². The fraction of sp³-hybridized carbons (Fsp3) is 0.364. The lowest BCUT2D eigenvalue weighted by molar-refractivity contribution is 0.415. The van der Waals surface area contributed by atoms with Gasteiger partial charge in [0.25, 0.3) is 0 Å². The molecule has 0 spiro atoms. The van der Waals surface area contributed by atoms with Crippen molar-refractivity contribution in [1.29, 1.82) is 5.26 Å². The highest BCUT2D eigenvalue weighted by Crippen LogP contribution is 2.28. The van der Waals surface area contributed by atoms with Crippen molar-refractivity contribution < 1.29 is 13.2 Å². The molecular formula is C11H13ClN2O3S. The van der Waals surface area contributed by atoms with Crippen LogP contribution in [0.15, 0.2) is 18.2 Å². The summed E-state index contributed by atoms with van der Waals surface area (Å²) in [6.45, 7) is 1.63. The SMILES string of the molecule is CCC(C#N)S(=O)(=O)Nc1cc(OC)ccc1Cl. The van der Waals surface area contributed by atoms with E-state index in [2.05, 4.69) is 4.72 Å². The summed E-state index contributed by atoms with van der Waals surface area (Å²) in [5.74, 6) is 0.474. The summed E-state index contributed by atoms with van der Waals surface area (Å²) in [5.41, 5.74) is 0.199. The summed E-state index contributed by atoms with van der Waals surface area (Å²) < 4.78 is 31.0. The van der Waals surface area contributed by atoms with Gasteiger partial charge in [0, 0.05) is 6.07 Å². The van der Waals surface area contributed by atoms with Crippen molar-refractivity contribution in [1.82, 2.24) is 0 Å². The van der Waals surface area contributed by atoms with Crippen LogP contribution in [0.5, 0.6) is 5.75 Å². The van der Waals surface area contributed by atoms with Gasteiger partial charge in [0.2, 0.25) is 10.0 Å². The Hall–Kier alpha value is -1.45. The van der Waals surface area contributed by atoms with Crippen molar-refractivity contribution in [2.75, 3.05) is 11.8 Å². The molecule has 0 saturated carbocycles. The number of ether oxygens (including phenoxy) is 1. The number of nitriles is 1. The number of halogens is 1. The third-order valence-corrected chi connectivity index (χ3v) is 4.34. The Morgan fingerprint density at radius 3 is 2.72 bits per heavy atom. The number of hydrogen-bond acceptors (Lipinski definition) is 4. The van der Waals surface area contributed by atoms with E-state index in [1.165, 1.54) is 19.2 Å². The van der Waals surface area contributed by atoms with Gasteiger partial charge in [-0.1, -0.05) is 18.5 Å². The van der Waals surface area contributed by atoms with E-state index in [1.807, 2.05) is 0 Å². The average molecular weight is 289 g/mol. The van der Waals surface area contributed by atoms with Crippen molar-refractivity contribution in [3.05, 3.63) is 23.2 Å². The molecule has 0 aromatic heterocycles. The predicted octanol–water partition coefficient (Wildman–Crippen LogP) is 2.39. The standard InChI is InChI=1S/C11H13ClN2O3S/c1-3-9(7-13)18(15,16)14-11-6-8(17-2)4-5-10(11)12/h4-6,9,14H,3H2,1-2H3. The van der Waals surface area contributed by atoms with E-state index in [4.69, 9.17) is 21.6 Å². The maximum Gasteiger partial charge on any atom is 0.249 e. The fourth-order valence-electron chi connectivity index (χ4n) is 1.31. The van der Waals surface area contributed by atoms with Crippen LogP contribution in [0.2, 0.25) is 5.02 Å². The minimum absolute atomic E-state index is 0.199. The summed E-state index contributed by atoms with van der Waals surface area (Å²) in [6, 6.07) is 6.33. The molecule has 1 aromatic carbocycles. The molecule has 0 fully saturated rings. The maximum absolute atomic E-state index is 11.9. The van der Waals surface area contributed by atoms with Crippen LogP contribution >= 0.6 is 11.6 Å². The van der Waals surface area contributed by atoms with Gasteiger partial charge in [-0.25, -0.2) is 8.42 Å². The zero-order valence-electron chi connectivity index (χ0n) is 9.97. The molecule has 1 rings (SSSR count). The zero-order chi connectivity index (χ0) is 13.8. The van der Waals surface area contributed by atoms with Crippen LogP contribution in [0, 0.1) is 11.3 Å². The molecule has 98 valence electrons. The van der Waals surface area contributed by atoms with Gasteiger partial charge >= 0.3 is 0 Å². The van der Waals surface area contributed by atoms with E-state index in [1.54, 1.807) is 19.1 Å². The summed E-state index contributed by atoms with van der Waals surface area (Å²) in [5, 5.41) is 7.91. The smallest absolute Gasteiger partial charge is 0.249 e. The molecule has 18 heavy (non-hydrogen) atoms. The van der Waals surface area contributed by atoms with E-state index in [-0.39, 0.29) is 17.1 Å². The molecule has 0 saturated heterocycles. The highest BCUT2D eigenvalue weighted by molar-refractivity contribution is 7.93. The number of nitrogens with zero attached hydrogens (tertiary/aromatic N) is 1. The lowest BCUT2D eigenvalue weighted by atomic mass is 10.3. The topological polar surface area (TPSA) is 79.2 Å². The first-order valence-electron chi connectivity index (χ1n) is 5.19. The van der Waals surface area contributed by atoms with Gasteiger partial charge in [-0.05, 0) is 18.6 Å². The number of methoxy groups -OCH3 is 1. The monoisotopic (exact) mass is 288 g/mol. The molecule has 0 bridgehead atoms. The first kappa shape index (κ1) is 14.6. The predicted molar refractivity (Wildman–Crippen MR) is 70.2 cm³/mol. The minimum atomic E-state index is -3.77. The lowest BCUT2D eigenvalue weighted by Crippen LogP contribution is -2.26. The van der Waals surface area contributed by atoms with E-state index in [0.29, 0.717) is 5.75 Å². The van der Waals surface area contributed by atoms with Crippen molar-refractivity contribution >= 4 is 27.3 Å². The van der Waals surface area contributed by atoms with Gasteiger partial charge in [0.05, 0.1) is 23.9 Å². The maximum atomic E-state index is 11.9. The lowest BCUT2D eigenvalue weighted by Gasteiger charge is -2.13. The van der Waals surface area contributed by atoms with Crippen LogP contribution in [-0.4, -0.2) is 20.8 Å². The molecule has 7 heteroatoms. The molecule has 1 unspecified atom stereocenters. The normalized spacial score (nSPS) is 12.6. The third kappa shape index (κ3) is 3.28. The van der Waals surface area contributed by atoms with Gasteiger partial charge in [-0.3, -0.25) is 4.72 Å². The van der Waals surface area contributed by atoms with Crippen LogP contribution < -0.4 is 9.46 Å². The highest BCUT2D eigenvalue weighted by atomic mass is 35.5. The van der Waals surface area contributed by atoms with Crippen molar-refractivity contribution in [2.24, 2.45) is 0 Å². The molecule has 1 aromatic rings. The largest absolute Gasteiger partial charge is 0.497 e. The van der Waals surface area contributed by atoms with Crippen molar-refractivity contribution in [2.45, 2.75) is 18.6 Å². The number of benzene rings is 1. The van der Waals surface area contributed by atoms with Crippen LogP contribution in [-0.2, 0) is 10.0 Å². The highest BCUT2D eigenvalue weighted by Gasteiger charge is 2.24. The second-order valence-corrected chi connectivity index (χ2v) is 5.79. The number of rotatable bonds is 5. The van der Waals surface area contributed by atoms with Gasteiger partial charge in [-0.15, -0.1) is 0 Å². The number of sulfonamides is 1. The summed E-state index contributed by atoms with van der Waals surface area (Å²) in [4.78, 5) is 0. The van der Waals surface area contributed by atoms with E-state index in [0.717, 1.165) is 0 Å². The molecule has 1 N–H and O–H groups in total. The summed E-state index contributed by atoms with van der Waals surface area (Å²) in [7, 11) is -2.31. The number of nitrogens with one attached hydrogen (secondary N) is 1. The van der Waals surface area contributed by atoms with E-state index >= 15 is 0 Å². The molecule has 1 atom stereocenters. The Kier molecular flexibility index (Phi) is 4.82. The molecule has 0 radical (unpaired) electrons. The van der Waals surface area contributed by atoms with E-state index in [9.17, 15) is 8.42 Å². The Balaban J connectivity index is 3.08. The average Bonchev–Trinajstić information content (AvgIpc) is 2.33. The Bertz CT molecular complexity index is 566. The molecule has 0 aliphatic carbocycles. The Labute approximate surface area is 111 Å². The molecular weight excluding hydrogens is 276 g/mol.